The molecule has 0 radical (unpaired) electrons. The lowest BCUT2D eigenvalue weighted by Crippen LogP contribution is -2.46. The molecule has 2 heterocycles. The van der Waals surface area contributed by atoms with E-state index in [-0.39, 0.29) is 0 Å². The average Bonchev–Trinajstić information content (AvgIpc) is 3.53. The Kier molecular flexibility index (Phi) is 5.18. The maximum absolute atomic E-state index is 4.81. The molecule has 27 heavy (non-hydrogen) atoms. The molecule has 4 heteroatoms. The highest BCUT2D eigenvalue weighted by molar-refractivity contribution is 7.98. The van der Waals surface area contributed by atoms with E-state index >= 15 is 0 Å². The second-order valence-electron chi connectivity index (χ2n) is 7.79. The van der Waals surface area contributed by atoms with Crippen molar-refractivity contribution >= 4 is 23.3 Å². The normalized spacial score (nSPS) is 17.3. The number of aromatic nitrogens is 1. The molecule has 0 unspecified atom stereocenters. The Bertz CT molecular complexity index is 849. The summed E-state index contributed by atoms with van der Waals surface area (Å²) in [4.78, 5) is 11.0. The number of nitrogens with zero attached hydrogens (tertiary/aromatic N) is 3. The lowest BCUT2D eigenvalue weighted by molar-refractivity contribution is 0.366. The molecule has 0 atom stereocenters. The Hall–Kier alpha value is -1.94. The summed E-state index contributed by atoms with van der Waals surface area (Å²) in [5.74, 6) is 1.93. The van der Waals surface area contributed by atoms with E-state index in [1.165, 1.54) is 40.0 Å². The van der Waals surface area contributed by atoms with E-state index in [1.54, 1.807) is 11.8 Å². The summed E-state index contributed by atoms with van der Waals surface area (Å²) in [7, 11) is 0. The van der Waals surface area contributed by atoms with Crippen LogP contribution in [0.3, 0.4) is 0 Å². The third-order valence-electron chi connectivity index (χ3n) is 5.83. The molecule has 0 bridgehead atoms. The van der Waals surface area contributed by atoms with Crippen LogP contribution in [0.5, 0.6) is 0 Å². The van der Waals surface area contributed by atoms with Gasteiger partial charge in [0.15, 0.2) is 0 Å². The molecule has 2 fully saturated rings. The van der Waals surface area contributed by atoms with E-state index in [9.17, 15) is 0 Å². The maximum Gasteiger partial charge on any atom is 0.131 e. The van der Waals surface area contributed by atoms with Gasteiger partial charge < -0.3 is 9.80 Å². The molecule has 1 aromatic heterocycles. The first-order valence-corrected chi connectivity index (χ1v) is 11.1. The van der Waals surface area contributed by atoms with Crippen molar-refractivity contribution < 1.29 is 0 Å². The minimum Gasteiger partial charge on any atom is -0.368 e. The topological polar surface area (TPSA) is 19.4 Å². The number of benzene rings is 1. The first-order chi connectivity index (χ1) is 13.1. The number of piperazine rings is 1. The molecule has 1 saturated heterocycles. The van der Waals surface area contributed by atoms with Crippen LogP contribution in [-0.2, 0) is 0 Å². The van der Waals surface area contributed by atoms with E-state index < -0.39 is 0 Å². The lowest BCUT2D eigenvalue weighted by atomic mass is 10.0. The van der Waals surface area contributed by atoms with Gasteiger partial charge in [0.05, 0.1) is 0 Å². The highest BCUT2D eigenvalue weighted by atomic mass is 32.2. The van der Waals surface area contributed by atoms with Crippen molar-refractivity contribution in [3.63, 3.8) is 0 Å². The molecule has 0 spiro atoms. The third kappa shape index (κ3) is 3.86. The van der Waals surface area contributed by atoms with Crippen molar-refractivity contribution in [3.05, 3.63) is 59.3 Å². The minimum atomic E-state index is 0.770. The van der Waals surface area contributed by atoms with Gasteiger partial charge in [0, 0.05) is 48.5 Å². The van der Waals surface area contributed by atoms with Gasteiger partial charge in [-0.3, -0.25) is 0 Å². The predicted octanol–water partition coefficient (Wildman–Crippen LogP) is 5.09. The third-order valence-corrected chi connectivity index (χ3v) is 6.55. The summed E-state index contributed by atoms with van der Waals surface area (Å²) in [5, 5.41) is 0. The van der Waals surface area contributed by atoms with Crippen LogP contribution in [0.25, 0.3) is 5.70 Å². The number of hydrogen-bond acceptors (Lipinski definition) is 4. The SMILES string of the molecule is C=C(c1ccc(SC)cc1C)N1CCN(c2ncc(C3CC3)cc2C)CC1. The summed E-state index contributed by atoms with van der Waals surface area (Å²) < 4.78 is 0. The lowest BCUT2D eigenvalue weighted by Gasteiger charge is -2.38. The van der Waals surface area contributed by atoms with Gasteiger partial charge in [0.25, 0.3) is 0 Å². The van der Waals surface area contributed by atoms with Crippen molar-refractivity contribution in [3.8, 4) is 0 Å². The number of anilines is 1. The molecule has 1 aromatic carbocycles. The molecule has 1 aliphatic carbocycles. The van der Waals surface area contributed by atoms with Gasteiger partial charge in [-0.2, -0.15) is 0 Å². The van der Waals surface area contributed by atoms with Crippen LogP contribution in [0, 0.1) is 13.8 Å². The zero-order valence-electron chi connectivity index (χ0n) is 16.7. The van der Waals surface area contributed by atoms with Crippen LogP contribution in [0.15, 0.2) is 41.9 Å². The van der Waals surface area contributed by atoms with Gasteiger partial charge in [0.1, 0.15) is 5.82 Å². The van der Waals surface area contributed by atoms with Gasteiger partial charge in [0.2, 0.25) is 0 Å². The van der Waals surface area contributed by atoms with Gasteiger partial charge >= 0.3 is 0 Å². The Balaban J connectivity index is 1.42. The van der Waals surface area contributed by atoms with Crippen molar-refractivity contribution in [2.24, 2.45) is 0 Å². The van der Waals surface area contributed by atoms with Crippen molar-refractivity contribution in [2.45, 2.75) is 37.5 Å². The van der Waals surface area contributed by atoms with E-state index in [1.807, 2.05) is 0 Å². The summed E-state index contributed by atoms with van der Waals surface area (Å²) in [5.41, 5.74) is 6.46. The largest absolute Gasteiger partial charge is 0.368 e. The van der Waals surface area contributed by atoms with Gasteiger partial charge in [-0.05, 0) is 67.7 Å². The smallest absolute Gasteiger partial charge is 0.131 e. The zero-order valence-corrected chi connectivity index (χ0v) is 17.5. The fraction of sp³-hybridized carbons (Fsp3) is 0.435. The number of aryl methyl sites for hydroxylation is 2. The first kappa shape index (κ1) is 18.4. The first-order valence-electron chi connectivity index (χ1n) is 9.87. The van der Waals surface area contributed by atoms with E-state index in [0.717, 1.165) is 43.6 Å². The second kappa shape index (κ2) is 7.59. The number of hydrogen-bond donors (Lipinski definition) is 0. The molecule has 142 valence electrons. The Morgan fingerprint density at radius 1 is 1.07 bits per heavy atom. The second-order valence-corrected chi connectivity index (χ2v) is 8.66. The Labute approximate surface area is 167 Å². The van der Waals surface area contributed by atoms with E-state index in [0.29, 0.717) is 0 Å². The van der Waals surface area contributed by atoms with Crippen LogP contribution in [0.4, 0.5) is 5.82 Å². The quantitative estimate of drug-likeness (QED) is 0.674. The average molecular weight is 380 g/mol. The van der Waals surface area contributed by atoms with Gasteiger partial charge in [-0.15, -0.1) is 11.8 Å². The number of pyridine rings is 1. The molecular weight excluding hydrogens is 350 g/mol. The van der Waals surface area contributed by atoms with Gasteiger partial charge in [-0.25, -0.2) is 4.98 Å². The maximum atomic E-state index is 4.81. The molecular formula is C23H29N3S. The van der Waals surface area contributed by atoms with Crippen LogP contribution in [-0.4, -0.2) is 42.3 Å². The fourth-order valence-electron chi connectivity index (χ4n) is 4.01. The summed E-state index contributed by atoms with van der Waals surface area (Å²) in [6.45, 7) is 12.8. The summed E-state index contributed by atoms with van der Waals surface area (Å²) in [6, 6.07) is 9.03. The summed E-state index contributed by atoms with van der Waals surface area (Å²) >= 11 is 1.79. The minimum absolute atomic E-state index is 0.770. The zero-order chi connectivity index (χ0) is 19.0. The number of thioether (sulfide) groups is 1. The molecule has 0 amide bonds. The van der Waals surface area contributed by atoms with Crippen LogP contribution >= 0.6 is 11.8 Å². The molecule has 0 N–H and O–H groups in total. The molecule has 2 aliphatic rings. The summed E-state index contributed by atoms with van der Waals surface area (Å²) in [6.07, 6.45) is 6.88. The predicted molar refractivity (Wildman–Crippen MR) is 117 cm³/mol. The highest BCUT2D eigenvalue weighted by Crippen LogP contribution is 2.40. The Morgan fingerprint density at radius 2 is 1.81 bits per heavy atom. The van der Waals surface area contributed by atoms with E-state index in [4.69, 9.17) is 4.98 Å². The van der Waals surface area contributed by atoms with E-state index in [2.05, 4.69) is 66.9 Å². The van der Waals surface area contributed by atoms with Gasteiger partial charge in [-0.1, -0.05) is 18.7 Å². The van der Waals surface area contributed by atoms with Crippen molar-refractivity contribution in [1.82, 2.24) is 9.88 Å². The van der Waals surface area contributed by atoms with Crippen LogP contribution < -0.4 is 4.90 Å². The molecule has 1 saturated carbocycles. The van der Waals surface area contributed by atoms with Crippen molar-refractivity contribution in [2.75, 3.05) is 37.3 Å². The van der Waals surface area contributed by atoms with Crippen LogP contribution in [0.2, 0.25) is 0 Å². The molecule has 3 nitrogen and oxygen atoms in total. The van der Waals surface area contributed by atoms with Crippen molar-refractivity contribution in [1.29, 1.82) is 0 Å². The number of rotatable bonds is 5. The standard InChI is InChI=1S/C23H29N3S/c1-16-14-21(27-4)7-8-22(16)18(3)25-9-11-26(12-10-25)23-17(2)13-20(15-24-23)19-5-6-19/h7-8,13-15,19H,3,5-6,9-12H2,1-2,4H3. The molecule has 4 rings (SSSR count). The monoisotopic (exact) mass is 379 g/mol. The molecule has 1 aliphatic heterocycles. The highest BCUT2D eigenvalue weighted by Gasteiger charge is 2.26. The van der Waals surface area contributed by atoms with Crippen LogP contribution in [0.1, 0.15) is 41.0 Å². The Morgan fingerprint density at radius 3 is 2.41 bits per heavy atom. The molecule has 2 aromatic rings. The fourth-order valence-corrected chi connectivity index (χ4v) is 4.50.